The highest BCUT2D eigenvalue weighted by molar-refractivity contribution is 6.28. The van der Waals surface area contributed by atoms with Crippen molar-refractivity contribution in [1.29, 1.82) is 0 Å². The van der Waals surface area contributed by atoms with E-state index in [0.717, 1.165) is 0 Å². The Labute approximate surface area is 69.8 Å². The maximum absolute atomic E-state index is 8.83. The normalized spacial score (nSPS) is 16.4. The van der Waals surface area contributed by atoms with Crippen LogP contribution in [0.2, 0.25) is 5.22 Å². The summed E-state index contributed by atoms with van der Waals surface area (Å²) in [4.78, 5) is 0. The first kappa shape index (κ1) is 8.59. The first-order chi connectivity index (χ1) is 5.06. The summed E-state index contributed by atoms with van der Waals surface area (Å²) in [7, 11) is 0. The summed E-state index contributed by atoms with van der Waals surface area (Å²) < 4.78 is 5.02. The third-order valence-corrected chi connectivity index (χ3v) is 1.67. The Morgan fingerprint density at radius 2 is 2.36 bits per heavy atom. The Kier molecular flexibility index (Phi) is 2.23. The molecule has 1 atom stereocenters. The van der Waals surface area contributed by atoms with Crippen LogP contribution < -0.4 is 5.73 Å². The quantitative estimate of drug-likeness (QED) is 0.708. The SMILES string of the molecule is CC(N)(CO)c1ccc(Cl)o1. The van der Waals surface area contributed by atoms with Gasteiger partial charge >= 0.3 is 0 Å². The minimum atomic E-state index is -0.840. The topological polar surface area (TPSA) is 59.4 Å². The van der Waals surface area contributed by atoms with E-state index in [4.69, 9.17) is 26.9 Å². The number of furan rings is 1. The molecule has 4 heteroatoms. The Morgan fingerprint density at radius 3 is 2.73 bits per heavy atom. The van der Waals surface area contributed by atoms with Crippen molar-refractivity contribution in [2.45, 2.75) is 12.5 Å². The highest BCUT2D eigenvalue weighted by atomic mass is 35.5. The van der Waals surface area contributed by atoms with Gasteiger partial charge in [0, 0.05) is 0 Å². The molecule has 0 bridgehead atoms. The van der Waals surface area contributed by atoms with Crippen LogP contribution in [0.1, 0.15) is 12.7 Å². The fourth-order valence-corrected chi connectivity index (χ4v) is 0.845. The zero-order valence-electron chi connectivity index (χ0n) is 6.17. The molecule has 11 heavy (non-hydrogen) atoms. The highest BCUT2D eigenvalue weighted by Crippen LogP contribution is 2.22. The van der Waals surface area contributed by atoms with Crippen molar-refractivity contribution >= 4 is 11.6 Å². The van der Waals surface area contributed by atoms with E-state index in [1.54, 1.807) is 19.1 Å². The van der Waals surface area contributed by atoms with Gasteiger partial charge in [-0.3, -0.25) is 0 Å². The summed E-state index contributed by atoms with van der Waals surface area (Å²) in [6.07, 6.45) is 0. The minimum Gasteiger partial charge on any atom is -0.448 e. The lowest BCUT2D eigenvalue weighted by molar-refractivity contribution is 0.188. The zero-order chi connectivity index (χ0) is 8.48. The van der Waals surface area contributed by atoms with Crippen LogP contribution in [0, 0.1) is 0 Å². The van der Waals surface area contributed by atoms with Gasteiger partial charge in [0.25, 0.3) is 0 Å². The lowest BCUT2D eigenvalue weighted by Crippen LogP contribution is -2.36. The fourth-order valence-electron chi connectivity index (χ4n) is 0.699. The molecule has 62 valence electrons. The number of aliphatic hydroxyl groups excluding tert-OH is 1. The molecule has 1 aromatic heterocycles. The molecule has 0 spiro atoms. The molecule has 0 radical (unpaired) electrons. The number of hydrogen-bond acceptors (Lipinski definition) is 3. The van der Waals surface area contributed by atoms with E-state index in [1.165, 1.54) is 0 Å². The van der Waals surface area contributed by atoms with Crippen LogP contribution >= 0.6 is 11.6 Å². The second kappa shape index (κ2) is 2.85. The third-order valence-electron chi connectivity index (χ3n) is 1.46. The van der Waals surface area contributed by atoms with Gasteiger partial charge in [0.2, 0.25) is 0 Å². The largest absolute Gasteiger partial charge is 0.448 e. The van der Waals surface area contributed by atoms with Gasteiger partial charge in [-0.1, -0.05) is 0 Å². The summed E-state index contributed by atoms with van der Waals surface area (Å²) in [6.45, 7) is 1.50. The van der Waals surface area contributed by atoms with E-state index < -0.39 is 5.54 Å². The van der Waals surface area contributed by atoms with Crippen molar-refractivity contribution in [2.24, 2.45) is 5.73 Å². The van der Waals surface area contributed by atoms with Gasteiger partial charge in [-0.05, 0) is 30.7 Å². The second-order valence-corrected chi connectivity index (χ2v) is 3.05. The summed E-state index contributed by atoms with van der Waals surface area (Å²) in [5, 5.41) is 9.11. The second-order valence-electron chi connectivity index (χ2n) is 2.68. The Bertz CT molecular complexity index is 244. The van der Waals surface area contributed by atoms with E-state index in [2.05, 4.69) is 0 Å². The molecule has 1 aromatic rings. The molecular formula is C7H10ClNO2. The van der Waals surface area contributed by atoms with Crippen molar-refractivity contribution in [3.05, 3.63) is 23.1 Å². The summed E-state index contributed by atoms with van der Waals surface area (Å²) >= 11 is 5.52. The summed E-state index contributed by atoms with van der Waals surface area (Å²) in [6, 6.07) is 3.25. The average Bonchev–Trinajstić information content (AvgIpc) is 2.36. The van der Waals surface area contributed by atoms with Crippen molar-refractivity contribution < 1.29 is 9.52 Å². The molecule has 0 aromatic carbocycles. The van der Waals surface area contributed by atoms with Crippen LogP contribution in [0.15, 0.2) is 16.5 Å². The monoisotopic (exact) mass is 175 g/mol. The molecule has 3 nitrogen and oxygen atoms in total. The lowest BCUT2D eigenvalue weighted by Gasteiger charge is -2.17. The van der Waals surface area contributed by atoms with Gasteiger partial charge in [0.05, 0.1) is 12.1 Å². The molecule has 0 fully saturated rings. The van der Waals surface area contributed by atoms with E-state index in [1.807, 2.05) is 0 Å². The first-order valence-electron chi connectivity index (χ1n) is 3.22. The van der Waals surface area contributed by atoms with Crippen molar-refractivity contribution in [2.75, 3.05) is 6.61 Å². The van der Waals surface area contributed by atoms with Gasteiger partial charge in [-0.15, -0.1) is 0 Å². The molecule has 3 N–H and O–H groups in total. The molecule has 1 unspecified atom stereocenters. The number of halogens is 1. The van der Waals surface area contributed by atoms with Crippen LogP contribution in [0.25, 0.3) is 0 Å². The van der Waals surface area contributed by atoms with Crippen molar-refractivity contribution in [3.8, 4) is 0 Å². The van der Waals surface area contributed by atoms with E-state index >= 15 is 0 Å². The van der Waals surface area contributed by atoms with Gasteiger partial charge < -0.3 is 15.3 Å². The van der Waals surface area contributed by atoms with Crippen LogP contribution in [0.5, 0.6) is 0 Å². The van der Waals surface area contributed by atoms with Gasteiger partial charge in [-0.25, -0.2) is 0 Å². The van der Waals surface area contributed by atoms with Gasteiger partial charge in [0.15, 0.2) is 5.22 Å². The zero-order valence-corrected chi connectivity index (χ0v) is 6.93. The fraction of sp³-hybridized carbons (Fsp3) is 0.429. The van der Waals surface area contributed by atoms with E-state index in [0.29, 0.717) is 5.76 Å². The number of rotatable bonds is 2. The standard InChI is InChI=1S/C7H10ClNO2/c1-7(9,4-10)5-2-3-6(8)11-5/h2-3,10H,4,9H2,1H3. The predicted octanol–water partition coefficient (Wildman–Crippen LogP) is 1.10. The Morgan fingerprint density at radius 1 is 1.73 bits per heavy atom. The van der Waals surface area contributed by atoms with E-state index in [-0.39, 0.29) is 11.8 Å². The van der Waals surface area contributed by atoms with Gasteiger partial charge in [0.1, 0.15) is 5.76 Å². The van der Waals surface area contributed by atoms with E-state index in [9.17, 15) is 0 Å². The summed E-state index contributed by atoms with van der Waals surface area (Å²) in [5.74, 6) is 0.491. The maximum Gasteiger partial charge on any atom is 0.193 e. The van der Waals surface area contributed by atoms with Crippen molar-refractivity contribution in [1.82, 2.24) is 0 Å². The smallest absolute Gasteiger partial charge is 0.193 e. The van der Waals surface area contributed by atoms with Crippen LogP contribution in [0.4, 0.5) is 0 Å². The minimum absolute atomic E-state index is 0.170. The van der Waals surface area contributed by atoms with Crippen LogP contribution in [-0.4, -0.2) is 11.7 Å². The van der Waals surface area contributed by atoms with Gasteiger partial charge in [-0.2, -0.15) is 0 Å². The predicted molar refractivity (Wildman–Crippen MR) is 42.3 cm³/mol. The first-order valence-corrected chi connectivity index (χ1v) is 3.59. The van der Waals surface area contributed by atoms with Crippen LogP contribution in [0.3, 0.4) is 0 Å². The number of nitrogens with two attached hydrogens (primary N) is 1. The van der Waals surface area contributed by atoms with Crippen molar-refractivity contribution in [3.63, 3.8) is 0 Å². The highest BCUT2D eigenvalue weighted by Gasteiger charge is 2.23. The molecule has 0 amide bonds. The summed E-state index contributed by atoms with van der Waals surface area (Å²) in [5.41, 5.74) is 4.81. The number of aliphatic hydroxyl groups is 1. The molecule has 0 aliphatic carbocycles. The Hall–Kier alpha value is -0.510. The molecule has 1 rings (SSSR count). The third kappa shape index (κ3) is 1.74. The Balaban J connectivity index is 2.92. The molecule has 0 saturated carbocycles. The maximum atomic E-state index is 8.83. The van der Waals surface area contributed by atoms with Crippen LogP contribution in [-0.2, 0) is 5.54 Å². The average molecular weight is 176 g/mol. The molecule has 1 heterocycles. The molecule has 0 saturated heterocycles. The molecular weight excluding hydrogens is 166 g/mol. The lowest BCUT2D eigenvalue weighted by atomic mass is 10.0. The molecule has 0 aliphatic heterocycles. The number of hydrogen-bond donors (Lipinski definition) is 2. The molecule has 0 aliphatic rings.